The molecule has 1 aromatic rings. The fourth-order valence-electron chi connectivity index (χ4n) is 3.42. The molecular formula is C17H22N2O2. The Labute approximate surface area is 125 Å². The number of nitrogens with zero attached hydrogens (tertiary/aromatic N) is 2. The molecule has 2 saturated heterocycles. The van der Waals surface area contributed by atoms with E-state index in [0.29, 0.717) is 17.2 Å². The molecule has 2 aliphatic heterocycles. The molecule has 4 nitrogen and oxygen atoms in total. The first kappa shape index (κ1) is 14.3. The molecule has 2 fully saturated rings. The first-order valence-electron chi connectivity index (χ1n) is 7.79. The third-order valence-electron chi connectivity index (χ3n) is 4.63. The van der Waals surface area contributed by atoms with E-state index in [1.54, 1.807) is 31.2 Å². The minimum Gasteiger partial charge on any atom is -0.337 e. The fraction of sp³-hybridized carbons (Fsp3) is 0.529. The zero-order chi connectivity index (χ0) is 14.8. The zero-order valence-electron chi connectivity index (χ0n) is 12.5. The Morgan fingerprint density at radius 3 is 2.38 bits per heavy atom. The van der Waals surface area contributed by atoms with Crippen molar-refractivity contribution in [1.82, 2.24) is 9.80 Å². The molecule has 0 aromatic heterocycles. The maximum absolute atomic E-state index is 12.6. The minimum atomic E-state index is 0.0327. The smallest absolute Gasteiger partial charge is 0.253 e. The lowest BCUT2D eigenvalue weighted by Crippen LogP contribution is -2.39. The minimum absolute atomic E-state index is 0.0327. The predicted octanol–water partition coefficient (Wildman–Crippen LogP) is 2.20. The lowest BCUT2D eigenvalue weighted by molar-refractivity contribution is 0.0743. The summed E-state index contributed by atoms with van der Waals surface area (Å²) in [6.45, 7) is 5.51. The Hall–Kier alpha value is -1.68. The Morgan fingerprint density at radius 2 is 1.67 bits per heavy atom. The highest BCUT2D eigenvalue weighted by atomic mass is 16.2. The van der Waals surface area contributed by atoms with Crippen molar-refractivity contribution in [3.63, 3.8) is 0 Å². The van der Waals surface area contributed by atoms with E-state index in [-0.39, 0.29) is 11.7 Å². The number of Topliss-reactive ketones (excluding diaryl/α,β-unsaturated/α-hetero) is 1. The molecule has 0 aliphatic carbocycles. The number of carbonyl (C=O) groups excluding carboxylic acids is 2. The van der Waals surface area contributed by atoms with Crippen molar-refractivity contribution >= 4 is 11.7 Å². The lowest BCUT2D eigenvalue weighted by Gasteiger charge is -2.25. The standard InChI is InChI=1S/C17H22N2O2/c1-13(20)14-5-7-15(8-6-14)17(21)19-11-3-10-18-9-2-4-16(18)12-19/h5-8,16H,2-4,9-12H2,1H3. The summed E-state index contributed by atoms with van der Waals surface area (Å²) in [6, 6.07) is 7.57. The van der Waals surface area contributed by atoms with Gasteiger partial charge in [0.2, 0.25) is 0 Å². The quantitative estimate of drug-likeness (QED) is 0.783. The molecule has 2 heterocycles. The molecule has 0 radical (unpaired) electrons. The SMILES string of the molecule is CC(=O)c1ccc(C(=O)N2CCCN3CCCC3C2)cc1. The molecule has 0 saturated carbocycles. The summed E-state index contributed by atoms with van der Waals surface area (Å²) in [4.78, 5) is 28.4. The molecule has 112 valence electrons. The van der Waals surface area contributed by atoms with Crippen LogP contribution in [0.25, 0.3) is 0 Å². The van der Waals surface area contributed by atoms with Crippen LogP contribution in [0.2, 0.25) is 0 Å². The largest absolute Gasteiger partial charge is 0.337 e. The third kappa shape index (κ3) is 3.00. The Morgan fingerprint density at radius 1 is 1.00 bits per heavy atom. The Balaban J connectivity index is 1.73. The van der Waals surface area contributed by atoms with Crippen LogP contribution in [0.1, 0.15) is 46.9 Å². The number of benzene rings is 1. The van der Waals surface area contributed by atoms with E-state index in [9.17, 15) is 9.59 Å². The van der Waals surface area contributed by atoms with E-state index in [4.69, 9.17) is 0 Å². The highest BCUT2D eigenvalue weighted by Gasteiger charge is 2.30. The van der Waals surface area contributed by atoms with Crippen LogP contribution in [-0.2, 0) is 0 Å². The van der Waals surface area contributed by atoms with Crippen LogP contribution in [0.4, 0.5) is 0 Å². The van der Waals surface area contributed by atoms with Crippen LogP contribution in [0, 0.1) is 0 Å². The van der Waals surface area contributed by atoms with Crippen LogP contribution in [0.15, 0.2) is 24.3 Å². The van der Waals surface area contributed by atoms with Gasteiger partial charge in [0.1, 0.15) is 0 Å². The number of ketones is 1. The normalized spacial score (nSPS) is 22.7. The lowest BCUT2D eigenvalue weighted by atomic mass is 10.1. The number of rotatable bonds is 2. The van der Waals surface area contributed by atoms with Crippen LogP contribution in [0.5, 0.6) is 0 Å². The van der Waals surface area contributed by atoms with Gasteiger partial charge in [-0.05, 0) is 44.9 Å². The molecule has 1 amide bonds. The highest BCUT2D eigenvalue weighted by Crippen LogP contribution is 2.22. The number of hydrogen-bond acceptors (Lipinski definition) is 3. The van der Waals surface area contributed by atoms with Crippen LogP contribution >= 0.6 is 0 Å². The molecule has 1 atom stereocenters. The van der Waals surface area contributed by atoms with E-state index in [1.807, 2.05) is 4.90 Å². The molecule has 3 rings (SSSR count). The first-order valence-corrected chi connectivity index (χ1v) is 7.79. The van der Waals surface area contributed by atoms with Crippen molar-refractivity contribution in [2.24, 2.45) is 0 Å². The molecule has 1 unspecified atom stereocenters. The van der Waals surface area contributed by atoms with Crippen molar-refractivity contribution in [3.05, 3.63) is 35.4 Å². The van der Waals surface area contributed by atoms with Gasteiger partial charge in [0.15, 0.2) is 5.78 Å². The van der Waals surface area contributed by atoms with Crippen molar-refractivity contribution in [2.75, 3.05) is 26.2 Å². The van der Waals surface area contributed by atoms with E-state index >= 15 is 0 Å². The summed E-state index contributed by atoms with van der Waals surface area (Å²) in [5.41, 5.74) is 1.34. The summed E-state index contributed by atoms with van der Waals surface area (Å²) in [5, 5.41) is 0. The second kappa shape index (κ2) is 5.98. The van der Waals surface area contributed by atoms with Crippen molar-refractivity contribution in [1.29, 1.82) is 0 Å². The van der Waals surface area contributed by atoms with Crippen LogP contribution < -0.4 is 0 Å². The van der Waals surface area contributed by atoms with Gasteiger partial charge in [-0.1, -0.05) is 12.1 Å². The summed E-state index contributed by atoms with van der Waals surface area (Å²) in [5.74, 6) is 0.129. The molecule has 0 spiro atoms. The molecule has 21 heavy (non-hydrogen) atoms. The van der Waals surface area contributed by atoms with Gasteiger partial charge in [-0.3, -0.25) is 14.5 Å². The van der Waals surface area contributed by atoms with Gasteiger partial charge in [-0.25, -0.2) is 0 Å². The summed E-state index contributed by atoms with van der Waals surface area (Å²) in [7, 11) is 0. The topological polar surface area (TPSA) is 40.6 Å². The van der Waals surface area contributed by atoms with Crippen LogP contribution in [0.3, 0.4) is 0 Å². The van der Waals surface area contributed by atoms with E-state index < -0.39 is 0 Å². The molecular weight excluding hydrogens is 264 g/mol. The number of carbonyl (C=O) groups is 2. The van der Waals surface area contributed by atoms with E-state index in [2.05, 4.69) is 4.90 Å². The first-order chi connectivity index (χ1) is 10.1. The molecule has 1 aromatic carbocycles. The second-order valence-corrected chi connectivity index (χ2v) is 6.07. The summed E-state index contributed by atoms with van der Waals surface area (Å²) >= 11 is 0. The molecule has 0 N–H and O–H groups in total. The third-order valence-corrected chi connectivity index (χ3v) is 4.63. The van der Waals surface area contributed by atoms with Crippen LogP contribution in [-0.4, -0.2) is 53.7 Å². The van der Waals surface area contributed by atoms with Gasteiger partial charge in [-0.15, -0.1) is 0 Å². The summed E-state index contributed by atoms with van der Waals surface area (Å²) < 4.78 is 0. The van der Waals surface area contributed by atoms with Gasteiger partial charge in [0, 0.05) is 36.8 Å². The predicted molar refractivity (Wildman–Crippen MR) is 81.6 cm³/mol. The summed E-state index contributed by atoms with van der Waals surface area (Å²) in [6.07, 6.45) is 3.50. The van der Waals surface area contributed by atoms with Gasteiger partial charge in [0.25, 0.3) is 5.91 Å². The molecule has 2 aliphatic rings. The van der Waals surface area contributed by atoms with Gasteiger partial charge in [-0.2, -0.15) is 0 Å². The number of fused-ring (bicyclic) bond motifs is 1. The van der Waals surface area contributed by atoms with Gasteiger partial charge in [0.05, 0.1) is 0 Å². The maximum Gasteiger partial charge on any atom is 0.253 e. The second-order valence-electron chi connectivity index (χ2n) is 6.07. The van der Waals surface area contributed by atoms with Crippen molar-refractivity contribution < 1.29 is 9.59 Å². The fourth-order valence-corrected chi connectivity index (χ4v) is 3.42. The highest BCUT2D eigenvalue weighted by molar-refractivity contribution is 5.97. The average Bonchev–Trinajstić information content (AvgIpc) is 2.83. The van der Waals surface area contributed by atoms with Gasteiger partial charge >= 0.3 is 0 Å². The Bertz CT molecular complexity index is 538. The monoisotopic (exact) mass is 286 g/mol. The Kier molecular flexibility index (Phi) is 4.06. The zero-order valence-corrected chi connectivity index (χ0v) is 12.5. The van der Waals surface area contributed by atoms with E-state index in [1.165, 1.54) is 19.4 Å². The maximum atomic E-state index is 12.6. The molecule has 0 bridgehead atoms. The molecule has 4 heteroatoms. The average molecular weight is 286 g/mol. The van der Waals surface area contributed by atoms with Gasteiger partial charge < -0.3 is 4.90 Å². The number of hydrogen-bond donors (Lipinski definition) is 0. The number of amides is 1. The van der Waals surface area contributed by atoms with Crippen molar-refractivity contribution in [2.45, 2.75) is 32.2 Å². The van der Waals surface area contributed by atoms with E-state index in [0.717, 1.165) is 26.1 Å². The van der Waals surface area contributed by atoms with Crippen molar-refractivity contribution in [3.8, 4) is 0 Å².